The van der Waals surface area contributed by atoms with Crippen LogP contribution in [0.5, 0.6) is 0 Å². The van der Waals surface area contributed by atoms with Gasteiger partial charge in [-0.1, -0.05) is 12.1 Å². The van der Waals surface area contributed by atoms with Gasteiger partial charge in [0.1, 0.15) is 11.1 Å². The molecule has 9 heteroatoms. The third kappa shape index (κ3) is 6.99. The average molecular weight is 406 g/mol. The molecule has 0 spiro atoms. The van der Waals surface area contributed by atoms with Gasteiger partial charge in [0.25, 0.3) is 11.6 Å². The van der Waals surface area contributed by atoms with Crippen LogP contribution in [0.2, 0.25) is 0 Å². The molecule has 0 bridgehead atoms. The summed E-state index contributed by atoms with van der Waals surface area (Å²) in [6.45, 7) is 1.57. The number of rotatable bonds is 9. The van der Waals surface area contributed by atoms with E-state index in [0.29, 0.717) is 17.9 Å². The molecule has 2 rings (SSSR count). The third-order valence-electron chi connectivity index (χ3n) is 3.69. The van der Waals surface area contributed by atoms with Crippen LogP contribution in [0.4, 0.5) is 10.1 Å². The Kier molecular flexibility index (Phi) is 7.94. The van der Waals surface area contributed by atoms with Gasteiger partial charge in [-0.05, 0) is 43.2 Å². The molecule has 2 aromatic carbocycles. The van der Waals surface area contributed by atoms with E-state index in [1.54, 1.807) is 31.2 Å². The fraction of sp³-hybridized carbons (Fsp3) is 0.263. The molecule has 0 aliphatic carbocycles. The zero-order valence-electron chi connectivity index (χ0n) is 15.1. The molecule has 1 N–H and O–H groups in total. The van der Waals surface area contributed by atoms with Gasteiger partial charge in [0.2, 0.25) is 0 Å². The zero-order valence-corrected chi connectivity index (χ0v) is 15.9. The van der Waals surface area contributed by atoms with Crippen molar-refractivity contribution in [3.8, 4) is 0 Å². The molecular weight excluding hydrogens is 387 g/mol. The molecule has 0 heterocycles. The average Bonchev–Trinajstić information content (AvgIpc) is 2.68. The third-order valence-corrected chi connectivity index (χ3v) is 4.78. The van der Waals surface area contributed by atoms with E-state index in [2.05, 4.69) is 5.32 Å². The van der Waals surface area contributed by atoms with Crippen molar-refractivity contribution in [2.45, 2.75) is 23.5 Å². The van der Waals surface area contributed by atoms with E-state index in [1.165, 1.54) is 36.0 Å². The van der Waals surface area contributed by atoms with Gasteiger partial charge in [-0.2, -0.15) is 0 Å². The highest BCUT2D eigenvalue weighted by atomic mass is 32.2. The first-order valence-electron chi connectivity index (χ1n) is 8.44. The molecular formula is C19H19FN2O5S. The van der Waals surface area contributed by atoms with Crippen molar-refractivity contribution in [3.63, 3.8) is 0 Å². The number of hydrogen-bond donors (Lipinski definition) is 1. The summed E-state index contributed by atoms with van der Waals surface area (Å²) in [6, 6.07) is 11.8. The van der Waals surface area contributed by atoms with Gasteiger partial charge in [-0.25, -0.2) is 4.39 Å². The van der Waals surface area contributed by atoms with Gasteiger partial charge >= 0.3 is 5.97 Å². The normalized spacial score (nSPS) is 11.5. The molecule has 0 aliphatic rings. The summed E-state index contributed by atoms with van der Waals surface area (Å²) in [5, 5.41) is 12.7. The number of nitro benzene ring substituents is 1. The number of nitrogens with one attached hydrogen (secondary N) is 1. The first-order valence-corrected chi connectivity index (χ1v) is 9.32. The van der Waals surface area contributed by atoms with E-state index < -0.39 is 28.7 Å². The summed E-state index contributed by atoms with van der Waals surface area (Å²) in [7, 11) is 0. The Bertz CT molecular complexity index is 827. The van der Waals surface area contributed by atoms with Gasteiger partial charge in [0, 0.05) is 23.6 Å². The van der Waals surface area contributed by atoms with Gasteiger partial charge in [-0.3, -0.25) is 19.7 Å². The number of nitro groups is 1. The largest absolute Gasteiger partial charge is 0.455 e. The molecule has 1 amide bonds. The van der Waals surface area contributed by atoms with Crippen LogP contribution in [0.3, 0.4) is 0 Å². The van der Waals surface area contributed by atoms with E-state index in [1.807, 2.05) is 0 Å². The number of nitrogens with zero attached hydrogens (tertiary/aromatic N) is 1. The second kappa shape index (κ2) is 10.4. The molecule has 0 aromatic heterocycles. The summed E-state index contributed by atoms with van der Waals surface area (Å²) in [5.41, 5.74) is 0.851. The highest BCUT2D eigenvalue weighted by Crippen LogP contribution is 2.25. The van der Waals surface area contributed by atoms with Crippen molar-refractivity contribution in [2.24, 2.45) is 0 Å². The number of non-ortho nitro benzene ring substituents is 1. The molecule has 0 unspecified atom stereocenters. The van der Waals surface area contributed by atoms with Crippen LogP contribution >= 0.6 is 11.8 Å². The Labute approximate surface area is 165 Å². The van der Waals surface area contributed by atoms with Crippen molar-refractivity contribution >= 4 is 29.3 Å². The van der Waals surface area contributed by atoms with E-state index in [-0.39, 0.29) is 11.5 Å². The minimum Gasteiger partial charge on any atom is -0.455 e. The quantitative estimate of drug-likeness (QED) is 0.297. The minimum atomic E-state index is -0.575. The first kappa shape index (κ1) is 21.4. The van der Waals surface area contributed by atoms with E-state index in [0.717, 1.165) is 5.56 Å². The second-order valence-electron chi connectivity index (χ2n) is 5.85. The molecule has 0 saturated heterocycles. The standard InChI is InChI=1S/C19H19FN2O5S/c1-13(28-17-8-6-16(7-9-17)22(25)26)19(24)27-12-18(23)21-11-10-14-2-4-15(20)5-3-14/h2-9,13H,10-12H2,1H3,(H,21,23)/t13-/m0/s1. The summed E-state index contributed by atoms with van der Waals surface area (Å²) in [6.07, 6.45) is 0.534. The van der Waals surface area contributed by atoms with Crippen LogP contribution in [-0.2, 0) is 20.7 Å². The molecule has 1 atom stereocenters. The van der Waals surface area contributed by atoms with Crippen molar-refractivity contribution in [1.82, 2.24) is 5.32 Å². The maximum Gasteiger partial charge on any atom is 0.319 e. The number of carbonyl (C=O) groups is 2. The van der Waals surface area contributed by atoms with E-state index in [9.17, 15) is 24.1 Å². The second-order valence-corrected chi connectivity index (χ2v) is 7.26. The topological polar surface area (TPSA) is 98.5 Å². The highest BCUT2D eigenvalue weighted by molar-refractivity contribution is 8.00. The Morgan fingerprint density at radius 2 is 1.82 bits per heavy atom. The number of thioether (sulfide) groups is 1. The summed E-state index contributed by atoms with van der Waals surface area (Å²) >= 11 is 1.18. The van der Waals surface area contributed by atoms with Gasteiger partial charge < -0.3 is 10.1 Å². The number of amides is 1. The van der Waals surface area contributed by atoms with Crippen molar-refractivity contribution in [2.75, 3.05) is 13.2 Å². The van der Waals surface area contributed by atoms with Crippen LogP contribution in [0.1, 0.15) is 12.5 Å². The van der Waals surface area contributed by atoms with E-state index in [4.69, 9.17) is 4.74 Å². The lowest BCUT2D eigenvalue weighted by atomic mass is 10.1. The number of hydrogen-bond acceptors (Lipinski definition) is 6. The minimum absolute atomic E-state index is 0.0307. The Balaban J connectivity index is 1.69. The van der Waals surface area contributed by atoms with Gasteiger partial charge in [-0.15, -0.1) is 11.8 Å². The summed E-state index contributed by atoms with van der Waals surface area (Å²) in [5.74, 6) is -1.31. The first-order chi connectivity index (χ1) is 13.3. The van der Waals surface area contributed by atoms with Crippen molar-refractivity contribution < 1.29 is 23.6 Å². The smallest absolute Gasteiger partial charge is 0.319 e. The molecule has 148 valence electrons. The number of benzene rings is 2. The monoisotopic (exact) mass is 406 g/mol. The summed E-state index contributed by atoms with van der Waals surface area (Å²) < 4.78 is 17.8. The van der Waals surface area contributed by atoms with Crippen LogP contribution in [0.25, 0.3) is 0 Å². The molecule has 28 heavy (non-hydrogen) atoms. The summed E-state index contributed by atoms with van der Waals surface area (Å²) in [4.78, 5) is 34.6. The predicted octanol–water partition coefficient (Wildman–Crippen LogP) is 3.12. The van der Waals surface area contributed by atoms with Crippen LogP contribution in [0.15, 0.2) is 53.4 Å². The maximum absolute atomic E-state index is 12.8. The Hall–Kier alpha value is -2.94. The molecule has 7 nitrogen and oxygen atoms in total. The van der Waals surface area contributed by atoms with Crippen molar-refractivity contribution in [3.05, 3.63) is 70.0 Å². The molecule has 0 saturated carbocycles. The molecule has 2 aromatic rings. The molecule has 0 radical (unpaired) electrons. The van der Waals surface area contributed by atoms with Gasteiger partial charge in [0.05, 0.1) is 4.92 Å². The molecule has 0 aliphatic heterocycles. The predicted molar refractivity (Wildman–Crippen MR) is 102 cm³/mol. The van der Waals surface area contributed by atoms with Crippen LogP contribution < -0.4 is 5.32 Å². The lowest BCUT2D eigenvalue weighted by Gasteiger charge is -2.11. The Morgan fingerprint density at radius 3 is 2.43 bits per heavy atom. The lowest BCUT2D eigenvalue weighted by Crippen LogP contribution is -2.31. The maximum atomic E-state index is 12.8. The zero-order chi connectivity index (χ0) is 20.5. The van der Waals surface area contributed by atoms with Crippen LogP contribution in [-0.4, -0.2) is 35.2 Å². The number of esters is 1. The van der Waals surface area contributed by atoms with Crippen molar-refractivity contribution in [1.29, 1.82) is 0 Å². The Morgan fingerprint density at radius 1 is 1.18 bits per heavy atom. The number of halogens is 1. The molecule has 0 fully saturated rings. The van der Waals surface area contributed by atoms with E-state index >= 15 is 0 Å². The fourth-order valence-electron chi connectivity index (χ4n) is 2.20. The lowest BCUT2D eigenvalue weighted by molar-refractivity contribution is -0.384. The number of ether oxygens (including phenoxy) is 1. The fourth-order valence-corrected chi connectivity index (χ4v) is 3.07. The van der Waals surface area contributed by atoms with Crippen LogP contribution in [0, 0.1) is 15.9 Å². The SMILES string of the molecule is C[C@H](Sc1ccc([N+](=O)[O-])cc1)C(=O)OCC(=O)NCCc1ccc(F)cc1. The highest BCUT2D eigenvalue weighted by Gasteiger charge is 2.18. The van der Waals surface area contributed by atoms with Gasteiger partial charge in [0.15, 0.2) is 6.61 Å². The number of carbonyl (C=O) groups excluding carboxylic acids is 2.